The standard InChI is InChI=1S/C11H17NO2/c1-2-5-10(14)11(12)8-6-3-4-7-9(8)13/h3-4,6-7,10-11,13-14H,2,5,12H2,1H3/t10-,11+/m1/s1. The van der Waals surface area contributed by atoms with Gasteiger partial charge in [-0.1, -0.05) is 31.5 Å². The highest BCUT2D eigenvalue weighted by Gasteiger charge is 2.18. The molecule has 0 bridgehead atoms. The van der Waals surface area contributed by atoms with Gasteiger partial charge in [0.25, 0.3) is 0 Å². The molecule has 0 saturated carbocycles. The van der Waals surface area contributed by atoms with Crippen LogP contribution in [0.25, 0.3) is 0 Å². The Morgan fingerprint density at radius 1 is 1.36 bits per heavy atom. The van der Waals surface area contributed by atoms with Crippen molar-refractivity contribution in [2.45, 2.75) is 31.9 Å². The Morgan fingerprint density at radius 2 is 2.00 bits per heavy atom. The van der Waals surface area contributed by atoms with E-state index in [0.717, 1.165) is 6.42 Å². The van der Waals surface area contributed by atoms with Crippen molar-refractivity contribution in [3.63, 3.8) is 0 Å². The molecule has 14 heavy (non-hydrogen) atoms. The van der Waals surface area contributed by atoms with Gasteiger partial charge in [-0.15, -0.1) is 0 Å². The normalized spacial score (nSPS) is 15.1. The van der Waals surface area contributed by atoms with Crippen LogP contribution in [0.2, 0.25) is 0 Å². The lowest BCUT2D eigenvalue weighted by atomic mass is 9.98. The Labute approximate surface area is 84.2 Å². The number of para-hydroxylation sites is 1. The van der Waals surface area contributed by atoms with Gasteiger partial charge in [-0.05, 0) is 12.5 Å². The molecule has 3 nitrogen and oxygen atoms in total. The Kier molecular flexibility index (Phi) is 3.92. The van der Waals surface area contributed by atoms with Crippen molar-refractivity contribution in [3.8, 4) is 5.75 Å². The summed E-state index contributed by atoms with van der Waals surface area (Å²) in [5, 5.41) is 19.2. The van der Waals surface area contributed by atoms with Gasteiger partial charge in [0.2, 0.25) is 0 Å². The molecule has 0 aliphatic rings. The maximum absolute atomic E-state index is 9.66. The van der Waals surface area contributed by atoms with Gasteiger partial charge in [0.15, 0.2) is 0 Å². The van der Waals surface area contributed by atoms with Crippen LogP contribution in [-0.2, 0) is 0 Å². The summed E-state index contributed by atoms with van der Waals surface area (Å²) in [6.45, 7) is 1.99. The van der Waals surface area contributed by atoms with Gasteiger partial charge in [0, 0.05) is 5.56 Å². The third kappa shape index (κ3) is 2.47. The van der Waals surface area contributed by atoms with Crippen molar-refractivity contribution in [2.24, 2.45) is 5.73 Å². The first kappa shape index (κ1) is 11.0. The van der Waals surface area contributed by atoms with E-state index in [2.05, 4.69) is 0 Å². The average molecular weight is 195 g/mol. The lowest BCUT2D eigenvalue weighted by Crippen LogP contribution is -2.25. The van der Waals surface area contributed by atoms with E-state index >= 15 is 0 Å². The Balaban J connectivity index is 2.78. The van der Waals surface area contributed by atoms with E-state index in [9.17, 15) is 10.2 Å². The molecule has 0 unspecified atom stereocenters. The van der Waals surface area contributed by atoms with Crippen molar-refractivity contribution < 1.29 is 10.2 Å². The van der Waals surface area contributed by atoms with Crippen LogP contribution in [0, 0.1) is 0 Å². The third-order valence-corrected chi connectivity index (χ3v) is 2.29. The second-order valence-corrected chi connectivity index (χ2v) is 3.44. The predicted octanol–water partition coefficient (Wildman–Crippen LogP) is 1.55. The summed E-state index contributed by atoms with van der Waals surface area (Å²) in [6.07, 6.45) is 0.936. The topological polar surface area (TPSA) is 66.5 Å². The lowest BCUT2D eigenvalue weighted by Gasteiger charge is -2.19. The molecule has 1 aromatic rings. The van der Waals surface area contributed by atoms with Crippen molar-refractivity contribution in [2.75, 3.05) is 0 Å². The zero-order chi connectivity index (χ0) is 10.6. The molecule has 0 radical (unpaired) electrons. The fraction of sp³-hybridized carbons (Fsp3) is 0.455. The van der Waals surface area contributed by atoms with E-state index in [1.807, 2.05) is 6.92 Å². The van der Waals surface area contributed by atoms with Crippen LogP contribution in [-0.4, -0.2) is 16.3 Å². The molecule has 0 spiro atoms. The SMILES string of the molecule is CCC[C@@H](O)[C@@H](N)c1ccccc1O. The molecule has 1 rings (SSSR count). The van der Waals surface area contributed by atoms with E-state index in [0.29, 0.717) is 12.0 Å². The summed E-state index contributed by atoms with van der Waals surface area (Å²) in [5.41, 5.74) is 6.42. The second-order valence-electron chi connectivity index (χ2n) is 3.44. The minimum atomic E-state index is -0.590. The van der Waals surface area contributed by atoms with E-state index in [1.54, 1.807) is 24.3 Å². The van der Waals surface area contributed by atoms with Crippen molar-refractivity contribution in [1.29, 1.82) is 0 Å². The van der Waals surface area contributed by atoms with E-state index in [4.69, 9.17) is 5.73 Å². The van der Waals surface area contributed by atoms with Crippen LogP contribution in [0.3, 0.4) is 0 Å². The average Bonchev–Trinajstić information content (AvgIpc) is 2.18. The van der Waals surface area contributed by atoms with E-state index in [-0.39, 0.29) is 5.75 Å². The molecule has 78 valence electrons. The lowest BCUT2D eigenvalue weighted by molar-refractivity contribution is 0.133. The van der Waals surface area contributed by atoms with Crippen molar-refractivity contribution in [1.82, 2.24) is 0 Å². The number of hydrogen-bond acceptors (Lipinski definition) is 3. The largest absolute Gasteiger partial charge is 0.508 e. The summed E-state index contributed by atoms with van der Waals surface area (Å²) in [5.74, 6) is 0.148. The highest BCUT2D eigenvalue weighted by molar-refractivity contribution is 5.34. The van der Waals surface area contributed by atoms with Gasteiger partial charge in [0.05, 0.1) is 12.1 Å². The van der Waals surface area contributed by atoms with Crippen molar-refractivity contribution in [3.05, 3.63) is 29.8 Å². The second kappa shape index (κ2) is 4.98. The summed E-state index contributed by atoms with van der Waals surface area (Å²) >= 11 is 0. The number of aromatic hydroxyl groups is 1. The fourth-order valence-corrected chi connectivity index (χ4v) is 1.45. The number of aliphatic hydroxyl groups excluding tert-OH is 1. The molecule has 0 aliphatic carbocycles. The zero-order valence-corrected chi connectivity index (χ0v) is 8.35. The van der Waals surface area contributed by atoms with Gasteiger partial charge in [-0.3, -0.25) is 0 Å². The first-order valence-electron chi connectivity index (χ1n) is 4.88. The van der Waals surface area contributed by atoms with Gasteiger partial charge in [0.1, 0.15) is 5.75 Å². The summed E-state index contributed by atoms with van der Waals surface area (Å²) < 4.78 is 0. The molecule has 0 aromatic heterocycles. The molecule has 3 heteroatoms. The van der Waals surface area contributed by atoms with Crippen LogP contribution < -0.4 is 5.73 Å². The number of benzene rings is 1. The number of rotatable bonds is 4. The number of hydrogen-bond donors (Lipinski definition) is 3. The number of nitrogens with two attached hydrogens (primary N) is 1. The quantitative estimate of drug-likeness (QED) is 0.683. The van der Waals surface area contributed by atoms with Gasteiger partial charge < -0.3 is 15.9 Å². The van der Waals surface area contributed by atoms with Gasteiger partial charge in [-0.2, -0.15) is 0 Å². The summed E-state index contributed by atoms with van der Waals surface area (Å²) in [7, 11) is 0. The maximum atomic E-state index is 9.66. The first-order valence-corrected chi connectivity index (χ1v) is 4.88. The molecule has 0 amide bonds. The van der Waals surface area contributed by atoms with Gasteiger partial charge in [-0.25, -0.2) is 0 Å². The molecule has 0 aliphatic heterocycles. The van der Waals surface area contributed by atoms with Crippen LogP contribution >= 0.6 is 0 Å². The number of aliphatic hydroxyl groups is 1. The molecule has 0 fully saturated rings. The number of phenolic OH excluding ortho intramolecular Hbond substituents is 1. The van der Waals surface area contributed by atoms with E-state index in [1.165, 1.54) is 0 Å². The van der Waals surface area contributed by atoms with Crippen LogP contribution in [0.5, 0.6) is 5.75 Å². The summed E-state index contributed by atoms with van der Waals surface area (Å²) in [6, 6.07) is 6.34. The molecular formula is C11H17NO2. The summed E-state index contributed by atoms with van der Waals surface area (Å²) in [4.78, 5) is 0. The maximum Gasteiger partial charge on any atom is 0.120 e. The third-order valence-electron chi connectivity index (χ3n) is 2.29. The molecular weight excluding hydrogens is 178 g/mol. The Morgan fingerprint density at radius 3 is 2.57 bits per heavy atom. The highest BCUT2D eigenvalue weighted by Crippen LogP contribution is 2.25. The fourth-order valence-electron chi connectivity index (χ4n) is 1.45. The van der Waals surface area contributed by atoms with Crippen molar-refractivity contribution >= 4 is 0 Å². The van der Waals surface area contributed by atoms with E-state index < -0.39 is 12.1 Å². The molecule has 1 aromatic carbocycles. The molecule has 4 N–H and O–H groups in total. The van der Waals surface area contributed by atoms with Crippen LogP contribution in [0.1, 0.15) is 31.4 Å². The molecule has 0 saturated heterocycles. The monoisotopic (exact) mass is 195 g/mol. The molecule has 2 atom stereocenters. The number of phenols is 1. The van der Waals surface area contributed by atoms with Crippen LogP contribution in [0.4, 0.5) is 0 Å². The molecule has 0 heterocycles. The Bertz CT molecular complexity index is 288. The van der Waals surface area contributed by atoms with Gasteiger partial charge >= 0.3 is 0 Å². The zero-order valence-electron chi connectivity index (χ0n) is 8.35. The van der Waals surface area contributed by atoms with Crippen LogP contribution in [0.15, 0.2) is 24.3 Å². The minimum Gasteiger partial charge on any atom is -0.508 e. The smallest absolute Gasteiger partial charge is 0.120 e. The minimum absolute atomic E-state index is 0.148. The predicted molar refractivity (Wildman–Crippen MR) is 56.0 cm³/mol. The first-order chi connectivity index (χ1) is 6.66. The highest BCUT2D eigenvalue weighted by atomic mass is 16.3. The Hall–Kier alpha value is -1.06.